The number of hydrogen-bond donors (Lipinski definition) is 1. The number of aromatic nitrogens is 2. The molecule has 0 bridgehead atoms. The van der Waals surface area contributed by atoms with E-state index in [2.05, 4.69) is 62.7 Å². The predicted molar refractivity (Wildman–Crippen MR) is 81.6 cm³/mol. The third-order valence-electron chi connectivity index (χ3n) is 3.30. The van der Waals surface area contributed by atoms with Gasteiger partial charge in [-0.15, -0.1) is 0 Å². The standard InChI is InChI=1S/C16H25N3/c1-6-19-14-8-7-12(2)11-13(14)18-15(19)9-10-17-16(3,4)5/h7-8,11,17H,6,9-10H2,1-5H3. The number of rotatable bonds is 4. The molecule has 0 atom stereocenters. The van der Waals surface area contributed by atoms with Crippen LogP contribution in [0.15, 0.2) is 18.2 Å². The van der Waals surface area contributed by atoms with Crippen molar-refractivity contribution in [3.8, 4) is 0 Å². The third kappa shape index (κ3) is 3.35. The molecule has 0 fully saturated rings. The molecule has 0 spiro atoms. The highest BCUT2D eigenvalue weighted by atomic mass is 15.1. The SMILES string of the molecule is CCn1c(CCNC(C)(C)C)nc2cc(C)ccc21. The summed E-state index contributed by atoms with van der Waals surface area (Å²) in [6.07, 6.45) is 0.971. The molecule has 19 heavy (non-hydrogen) atoms. The van der Waals surface area contributed by atoms with Gasteiger partial charge in [-0.1, -0.05) is 6.07 Å². The fraction of sp³-hybridized carbons (Fsp3) is 0.562. The average molecular weight is 259 g/mol. The number of hydrogen-bond acceptors (Lipinski definition) is 2. The molecule has 0 unspecified atom stereocenters. The smallest absolute Gasteiger partial charge is 0.111 e. The Morgan fingerprint density at radius 1 is 1.26 bits per heavy atom. The monoisotopic (exact) mass is 259 g/mol. The van der Waals surface area contributed by atoms with Crippen LogP contribution in [0.1, 0.15) is 39.1 Å². The summed E-state index contributed by atoms with van der Waals surface area (Å²) in [4.78, 5) is 4.79. The Morgan fingerprint density at radius 2 is 2.00 bits per heavy atom. The molecular weight excluding hydrogens is 234 g/mol. The highest BCUT2D eigenvalue weighted by Crippen LogP contribution is 2.18. The van der Waals surface area contributed by atoms with Crippen molar-refractivity contribution in [2.24, 2.45) is 0 Å². The van der Waals surface area contributed by atoms with Gasteiger partial charge in [0.1, 0.15) is 5.82 Å². The van der Waals surface area contributed by atoms with Gasteiger partial charge in [-0.25, -0.2) is 4.98 Å². The van der Waals surface area contributed by atoms with Crippen LogP contribution in [0, 0.1) is 6.92 Å². The molecular formula is C16H25N3. The molecule has 1 N–H and O–H groups in total. The van der Waals surface area contributed by atoms with Crippen LogP contribution in [0.3, 0.4) is 0 Å². The molecule has 0 radical (unpaired) electrons. The van der Waals surface area contributed by atoms with E-state index in [0.29, 0.717) is 0 Å². The predicted octanol–water partition coefficient (Wildman–Crippen LogP) is 3.30. The topological polar surface area (TPSA) is 29.9 Å². The fourth-order valence-electron chi connectivity index (χ4n) is 2.38. The van der Waals surface area contributed by atoms with E-state index in [1.165, 1.54) is 16.9 Å². The number of nitrogens with one attached hydrogen (secondary N) is 1. The second-order valence-corrected chi connectivity index (χ2v) is 6.19. The van der Waals surface area contributed by atoms with Crippen LogP contribution in [0.5, 0.6) is 0 Å². The van der Waals surface area contributed by atoms with Crippen LogP contribution in [-0.2, 0) is 13.0 Å². The first kappa shape index (κ1) is 14.1. The van der Waals surface area contributed by atoms with E-state index in [9.17, 15) is 0 Å². The molecule has 3 heteroatoms. The second-order valence-electron chi connectivity index (χ2n) is 6.19. The van der Waals surface area contributed by atoms with Gasteiger partial charge in [0.05, 0.1) is 11.0 Å². The minimum Gasteiger partial charge on any atom is -0.328 e. The van der Waals surface area contributed by atoms with Gasteiger partial charge >= 0.3 is 0 Å². The molecule has 0 saturated carbocycles. The quantitative estimate of drug-likeness (QED) is 0.913. The zero-order valence-corrected chi connectivity index (χ0v) is 12.7. The van der Waals surface area contributed by atoms with Crippen molar-refractivity contribution < 1.29 is 0 Å². The normalized spacial score (nSPS) is 12.3. The zero-order valence-electron chi connectivity index (χ0n) is 12.7. The Hall–Kier alpha value is -1.35. The first-order valence-electron chi connectivity index (χ1n) is 7.11. The molecule has 3 nitrogen and oxygen atoms in total. The molecule has 1 aromatic heterocycles. The lowest BCUT2D eigenvalue weighted by molar-refractivity contribution is 0.425. The van der Waals surface area contributed by atoms with E-state index in [0.717, 1.165) is 25.0 Å². The van der Waals surface area contributed by atoms with E-state index in [4.69, 9.17) is 4.98 Å². The Bertz CT molecular complexity index is 561. The maximum atomic E-state index is 4.79. The summed E-state index contributed by atoms with van der Waals surface area (Å²) in [7, 11) is 0. The van der Waals surface area contributed by atoms with Crippen LogP contribution in [0.4, 0.5) is 0 Å². The summed E-state index contributed by atoms with van der Waals surface area (Å²) in [6, 6.07) is 6.51. The molecule has 0 amide bonds. The van der Waals surface area contributed by atoms with Crippen LogP contribution < -0.4 is 5.32 Å². The lowest BCUT2D eigenvalue weighted by Crippen LogP contribution is -2.37. The molecule has 0 aliphatic rings. The summed E-state index contributed by atoms with van der Waals surface area (Å²) in [5.74, 6) is 1.18. The highest BCUT2D eigenvalue weighted by Gasteiger charge is 2.12. The van der Waals surface area contributed by atoms with Crippen LogP contribution in [0.25, 0.3) is 11.0 Å². The number of fused-ring (bicyclic) bond motifs is 1. The number of nitrogens with zero attached hydrogens (tertiary/aromatic N) is 2. The largest absolute Gasteiger partial charge is 0.328 e. The molecule has 0 aliphatic heterocycles. The van der Waals surface area contributed by atoms with Gasteiger partial charge in [0.15, 0.2) is 0 Å². The van der Waals surface area contributed by atoms with Crippen molar-refractivity contribution in [3.05, 3.63) is 29.6 Å². The number of benzene rings is 1. The Morgan fingerprint density at radius 3 is 2.63 bits per heavy atom. The van der Waals surface area contributed by atoms with E-state index >= 15 is 0 Å². The van der Waals surface area contributed by atoms with E-state index in [1.807, 2.05) is 0 Å². The number of aryl methyl sites for hydroxylation is 2. The molecule has 2 rings (SSSR count). The zero-order chi connectivity index (χ0) is 14.0. The molecule has 0 saturated heterocycles. The Labute approximate surface area is 116 Å². The average Bonchev–Trinajstić information content (AvgIpc) is 2.63. The van der Waals surface area contributed by atoms with Crippen molar-refractivity contribution in [2.75, 3.05) is 6.54 Å². The van der Waals surface area contributed by atoms with Gasteiger partial charge in [0, 0.05) is 25.0 Å². The van der Waals surface area contributed by atoms with Gasteiger partial charge in [0.25, 0.3) is 0 Å². The first-order chi connectivity index (χ1) is 8.90. The summed E-state index contributed by atoms with van der Waals surface area (Å²) in [5.41, 5.74) is 3.80. The summed E-state index contributed by atoms with van der Waals surface area (Å²) >= 11 is 0. The second kappa shape index (κ2) is 5.33. The van der Waals surface area contributed by atoms with Gasteiger partial charge in [-0.05, 0) is 52.3 Å². The van der Waals surface area contributed by atoms with Gasteiger partial charge in [-0.3, -0.25) is 0 Å². The van der Waals surface area contributed by atoms with Crippen LogP contribution in [0.2, 0.25) is 0 Å². The minimum atomic E-state index is 0.166. The van der Waals surface area contributed by atoms with Crippen molar-refractivity contribution in [1.82, 2.24) is 14.9 Å². The van der Waals surface area contributed by atoms with Crippen molar-refractivity contribution >= 4 is 11.0 Å². The van der Waals surface area contributed by atoms with Gasteiger partial charge < -0.3 is 9.88 Å². The number of imidazole rings is 1. The van der Waals surface area contributed by atoms with Crippen molar-refractivity contribution in [1.29, 1.82) is 0 Å². The van der Waals surface area contributed by atoms with Crippen LogP contribution in [-0.4, -0.2) is 21.6 Å². The van der Waals surface area contributed by atoms with E-state index < -0.39 is 0 Å². The first-order valence-corrected chi connectivity index (χ1v) is 7.11. The van der Waals surface area contributed by atoms with E-state index in [-0.39, 0.29) is 5.54 Å². The van der Waals surface area contributed by atoms with Crippen LogP contribution >= 0.6 is 0 Å². The Balaban J connectivity index is 2.22. The van der Waals surface area contributed by atoms with Crippen molar-refractivity contribution in [3.63, 3.8) is 0 Å². The summed E-state index contributed by atoms with van der Waals surface area (Å²) in [5, 5.41) is 3.52. The van der Waals surface area contributed by atoms with Crippen molar-refractivity contribution in [2.45, 2.75) is 53.1 Å². The third-order valence-corrected chi connectivity index (χ3v) is 3.30. The Kier molecular flexibility index (Phi) is 3.95. The lowest BCUT2D eigenvalue weighted by atomic mass is 10.1. The molecule has 104 valence electrons. The molecule has 0 aliphatic carbocycles. The molecule has 2 aromatic rings. The molecule has 1 heterocycles. The van der Waals surface area contributed by atoms with E-state index in [1.54, 1.807) is 0 Å². The summed E-state index contributed by atoms with van der Waals surface area (Å²) < 4.78 is 2.32. The van der Waals surface area contributed by atoms with Gasteiger partial charge in [-0.2, -0.15) is 0 Å². The van der Waals surface area contributed by atoms with Gasteiger partial charge in [0.2, 0.25) is 0 Å². The molecule has 1 aromatic carbocycles. The summed E-state index contributed by atoms with van der Waals surface area (Å²) in [6.45, 7) is 12.8. The maximum absolute atomic E-state index is 4.79. The maximum Gasteiger partial charge on any atom is 0.111 e. The minimum absolute atomic E-state index is 0.166. The lowest BCUT2D eigenvalue weighted by Gasteiger charge is -2.20. The fourth-order valence-corrected chi connectivity index (χ4v) is 2.38. The highest BCUT2D eigenvalue weighted by molar-refractivity contribution is 5.76.